The summed E-state index contributed by atoms with van der Waals surface area (Å²) in [5.41, 5.74) is 7.41. The predicted octanol–water partition coefficient (Wildman–Crippen LogP) is 4.04. The summed E-state index contributed by atoms with van der Waals surface area (Å²) < 4.78 is 0. The summed E-state index contributed by atoms with van der Waals surface area (Å²) in [7, 11) is 0. The maximum atomic E-state index is 9.18. The zero-order valence-corrected chi connectivity index (χ0v) is 9.59. The number of rotatable bonds is 2. The molecule has 0 heterocycles. The quantitative estimate of drug-likeness (QED) is 0.621. The van der Waals surface area contributed by atoms with Gasteiger partial charge in [0.15, 0.2) is 0 Å². The van der Waals surface area contributed by atoms with Gasteiger partial charge < -0.3 is 10.8 Å². The van der Waals surface area contributed by atoms with Crippen LogP contribution < -0.4 is 5.73 Å². The number of aromatic hydroxyl groups is 1. The minimum atomic E-state index is 0.0986. The van der Waals surface area contributed by atoms with Crippen LogP contribution in [-0.4, -0.2) is 5.11 Å². The molecule has 0 radical (unpaired) electrons. The summed E-state index contributed by atoms with van der Waals surface area (Å²) in [5, 5.41) is 17.5. The number of anilines is 1. The van der Waals surface area contributed by atoms with E-state index in [1.165, 1.54) is 12.1 Å². The maximum Gasteiger partial charge on any atom is 0.117 e. The van der Waals surface area contributed by atoms with Crippen LogP contribution >= 0.6 is 11.6 Å². The number of halogens is 1. The van der Waals surface area contributed by atoms with Gasteiger partial charge in [0.25, 0.3) is 0 Å². The molecule has 2 rings (SSSR count). The van der Waals surface area contributed by atoms with Crippen LogP contribution in [0.4, 0.5) is 17.1 Å². The molecule has 2 aromatic carbocycles. The molecule has 0 aliphatic carbocycles. The number of azo groups is 1. The number of phenolic OH excluding ortho intramolecular Hbond substituents is 1. The molecule has 0 aliphatic rings. The molecule has 0 bridgehead atoms. The molecule has 0 saturated heterocycles. The van der Waals surface area contributed by atoms with Crippen LogP contribution in [-0.2, 0) is 0 Å². The van der Waals surface area contributed by atoms with Crippen LogP contribution in [0.15, 0.2) is 52.7 Å². The lowest BCUT2D eigenvalue weighted by molar-refractivity contribution is 0.475. The highest BCUT2D eigenvalue weighted by atomic mass is 35.5. The van der Waals surface area contributed by atoms with Gasteiger partial charge in [-0.3, -0.25) is 0 Å². The molecule has 2 aromatic rings. The van der Waals surface area contributed by atoms with E-state index in [0.717, 1.165) is 0 Å². The second-order valence-electron chi connectivity index (χ2n) is 3.43. The minimum Gasteiger partial charge on any atom is -0.508 e. The molecule has 86 valence electrons. The van der Waals surface area contributed by atoms with Crippen molar-refractivity contribution >= 4 is 28.7 Å². The SMILES string of the molecule is Nc1ccc(/N=N/c2ccc(O)cc2Cl)cc1. The van der Waals surface area contributed by atoms with Gasteiger partial charge in [-0.05, 0) is 36.4 Å². The van der Waals surface area contributed by atoms with Crippen molar-refractivity contribution in [1.82, 2.24) is 0 Å². The summed E-state index contributed by atoms with van der Waals surface area (Å²) in [4.78, 5) is 0. The van der Waals surface area contributed by atoms with Gasteiger partial charge in [-0.2, -0.15) is 5.11 Å². The molecule has 0 amide bonds. The summed E-state index contributed by atoms with van der Waals surface area (Å²) in [6.07, 6.45) is 0. The van der Waals surface area contributed by atoms with Crippen molar-refractivity contribution in [2.75, 3.05) is 5.73 Å². The first-order valence-electron chi connectivity index (χ1n) is 4.91. The van der Waals surface area contributed by atoms with E-state index in [9.17, 15) is 5.11 Å². The average Bonchev–Trinajstić information content (AvgIpc) is 2.30. The Morgan fingerprint density at radius 2 is 1.71 bits per heavy atom. The number of benzene rings is 2. The van der Waals surface area contributed by atoms with E-state index in [2.05, 4.69) is 10.2 Å². The third-order valence-corrected chi connectivity index (χ3v) is 2.40. The normalized spacial score (nSPS) is 10.9. The van der Waals surface area contributed by atoms with Crippen LogP contribution in [0.3, 0.4) is 0 Å². The molecule has 0 saturated carbocycles. The van der Waals surface area contributed by atoms with Crippen molar-refractivity contribution in [2.24, 2.45) is 10.2 Å². The van der Waals surface area contributed by atoms with E-state index in [1.54, 1.807) is 30.3 Å². The third kappa shape index (κ3) is 2.95. The number of hydrogen-bond acceptors (Lipinski definition) is 4. The molecular weight excluding hydrogens is 238 g/mol. The molecule has 0 unspecified atom stereocenters. The third-order valence-electron chi connectivity index (χ3n) is 2.10. The van der Waals surface area contributed by atoms with Crippen molar-refractivity contribution < 1.29 is 5.11 Å². The largest absolute Gasteiger partial charge is 0.508 e. The monoisotopic (exact) mass is 247 g/mol. The minimum absolute atomic E-state index is 0.0986. The first kappa shape index (κ1) is 11.4. The van der Waals surface area contributed by atoms with Crippen molar-refractivity contribution in [3.05, 3.63) is 47.5 Å². The van der Waals surface area contributed by atoms with Crippen LogP contribution in [0.2, 0.25) is 5.02 Å². The molecule has 4 nitrogen and oxygen atoms in total. The highest BCUT2D eigenvalue weighted by Gasteiger charge is 1.99. The van der Waals surface area contributed by atoms with Gasteiger partial charge in [-0.25, -0.2) is 0 Å². The lowest BCUT2D eigenvalue weighted by Crippen LogP contribution is -1.80. The number of phenols is 1. The standard InChI is InChI=1S/C12H10ClN3O/c13-11-7-10(17)5-6-12(11)16-15-9-3-1-8(14)2-4-9/h1-7,17H,14H2/b16-15+. The molecular formula is C12H10ClN3O. The van der Waals surface area contributed by atoms with Crippen molar-refractivity contribution in [3.63, 3.8) is 0 Å². The second kappa shape index (κ2) is 4.84. The fraction of sp³-hybridized carbons (Fsp3) is 0. The Kier molecular flexibility index (Phi) is 3.25. The zero-order chi connectivity index (χ0) is 12.3. The van der Waals surface area contributed by atoms with E-state index >= 15 is 0 Å². The Labute approximate surface area is 103 Å². The highest BCUT2D eigenvalue weighted by molar-refractivity contribution is 6.33. The number of hydrogen-bond donors (Lipinski definition) is 2. The van der Waals surface area contributed by atoms with Crippen LogP contribution in [0, 0.1) is 0 Å². The lowest BCUT2D eigenvalue weighted by Gasteiger charge is -1.98. The highest BCUT2D eigenvalue weighted by Crippen LogP contribution is 2.29. The van der Waals surface area contributed by atoms with E-state index in [0.29, 0.717) is 22.1 Å². The number of nitrogens with zero attached hydrogens (tertiary/aromatic N) is 2. The molecule has 0 aromatic heterocycles. The second-order valence-corrected chi connectivity index (χ2v) is 3.83. The first-order valence-corrected chi connectivity index (χ1v) is 5.29. The Bertz CT molecular complexity index is 552. The Morgan fingerprint density at radius 1 is 1.00 bits per heavy atom. The van der Waals surface area contributed by atoms with Gasteiger partial charge in [0.1, 0.15) is 11.4 Å². The summed E-state index contributed by atoms with van der Waals surface area (Å²) in [5.74, 6) is 0.0986. The van der Waals surface area contributed by atoms with E-state index in [1.807, 2.05) is 0 Å². The summed E-state index contributed by atoms with van der Waals surface area (Å²) >= 11 is 5.89. The van der Waals surface area contributed by atoms with Gasteiger partial charge >= 0.3 is 0 Å². The molecule has 0 aliphatic heterocycles. The van der Waals surface area contributed by atoms with Gasteiger partial charge in [0.2, 0.25) is 0 Å². The first-order chi connectivity index (χ1) is 8.15. The van der Waals surface area contributed by atoms with Gasteiger partial charge in [0.05, 0.1) is 10.7 Å². The predicted molar refractivity (Wildman–Crippen MR) is 68.1 cm³/mol. The topological polar surface area (TPSA) is 71.0 Å². The Morgan fingerprint density at radius 3 is 2.35 bits per heavy atom. The van der Waals surface area contributed by atoms with E-state index in [4.69, 9.17) is 17.3 Å². The Hall–Kier alpha value is -2.07. The fourth-order valence-electron chi connectivity index (χ4n) is 1.23. The van der Waals surface area contributed by atoms with Crippen LogP contribution in [0.25, 0.3) is 0 Å². The summed E-state index contributed by atoms with van der Waals surface area (Å²) in [6, 6.07) is 11.5. The lowest BCUT2D eigenvalue weighted by atomic mass is 10.3. The molecule has 0 fully saturated rings. The maximum absolute atomic E-state index is 9.18. The molecule has 0 spiro atoms. The van der Waals surface area contributed by atoms with E-state index < -0.39 is 0 Å². The summed E-state index contributed by atoms with van der Waals surface area (Å²) in [6.45, 7) is 0. The average molecular weight is 248 g/mol. The van der Waals surface area contributed by atoms with Crippen molar-refractivity contribution in [2.45, 2.75) is 0 Å². The number of nitrogens with two attached hydrogens (primary N) is 1. The van der Waals surface area contributed by atoms with Crippen molar-refractivity contribution in [1.29, 1.82) is 0 Å². The van der Waals surface area contributed by atoms with Gasteiger partial charge in [-0.15, -0.1) is 5.11 Å². The molecule has 3 N–H and O–H groups in total. The van der Waals surface area contributed by atoms with Gasteiger partial charge in [-0.1, -0.05) is 11.6 Å². The van der Waals surface area contributed by atoms with Crippen LogP contribution in [0.5, 0.6) is 5.75 Å². The molecule has 17 heavy (non-hydrogen) atoms. The molecule has 5 heteroatoms. The zero-order valence-electron chi connectivity index (χ0n) is 8.84. The Balaban J connectivity index is 2.23. The van der Waals surface area contributed by atoms with Crippen LogP contribution in [0.1, 0.15) is 0 Å². The smallest absolute Gasteiger partial charge is 0.117 e. The van der Waals surface area contributed by atoms with E-state index in [-0.39, 0.29) is 5.75 Å². The fourth-order valence-corrected chi connectivity index (χ4v) is 1.44. The van der Waals surface area contributed by atoms with Crippen molar-refractivity contribution in [3.8, 4) is 5.75 Å². The molecule has 0 atom stereocenters. The number of nitrogen functional groups attached to an aromatic ring is 1. The van der Waals surface area contributed by atoms with Gasteiger partial charge in [0, 0.05) is 11.8 Å².